The zero-order chi connectivity index (χ0) is 13.6. The molecule has 0 radical (unpaired) electrons. The number of nitrogens with two attached hydrogens (primary N) is 1. The summed E-state index contributed by atoms with van der Waals surface area (Å²) in [4.78, 5) is 2.25. The minimum Gasteiger partial charge on any atom is -0.380 e. The Bertz CT molecular complexity index is 373. The maximum absolute atomic E-state index is 5.91. The quantitative estimate of drug-likeness (QED) is 0.841. The van der Waals surface area contributed by atoms with Crippen LogP contribution in [0.3, 0.4) is 0 Å². The fourth-order valence-electron chi connectivity index (χ4n) is 1.72. The summed E-state index contributed by atoms with van der Waals surface area (Å²) in [5.41, 5.74) is 7.03. The Morgan fingerprint density at radius 3 is 2.61 bits per heavy atom. The fraction of sp³-hybridized carbons (Fsp3) is 0.571. The summed E-state index contributed by atoms with van der Waals surface area (Å²) >= 11 is 3.58. The summed E-state index contributed by atoms with van der Waals surface area (Å²) in [6.07, 6.45) is 0. The van der Waals surface area contributed by atoms with Crippen LogP contribution >= 0.6 is 15.9 Å². The predicted molar refractivity (Wildman–Crippen MR) is 79.6 cm³/mol. The average Bonchev–Trinajstić information content (AvgIpc) is 2.38. The number of nitrogens with zero attached hydrogens (tertiary/aromatic N) is 1. The van der Waals surface area contributed by atoms with E-state index in [1.165, 1.54) is 5.56 Å². The SMILES string of the molecule is CCOCC(C)(CN)N(C)Cc1ccccc1Br. The van der Waals surface area contributed by atoms with Crippen molar-refractivity contribution >= 4 is 15.9 Å². The third kappa shape index (κ3) is 4.05. The second-order valence-electron chi connectivity index (χ2n) is 4.79. The van der Waals surface area contributed by atoms with Gasteiger partial charge in [0.1, 0.15) is 0 Å². The molecule has 0 fully saturated rings. The summed E-state index contributed by atoms with van der Waals surface area (Å²) in [7, 11) is 2.09. The lowest BCUT2D eigenvalue weighted by molar-refractivity contribution is 0.0201. The smallest absolute Gasteiger partial charge is 0.0659 e. The van der Waals surface area contributed by atoms with Crippen LogP contribution in [0.2, 0.25) is 0 Å². The molecule has 0 saturated heterocycles. The van der Waals surface area contributed by atoms with Crippen LogP contribution in [-0.4, -0.2) is 37.2 Å². The van der Waals surface area contributed by atoms with Gasteiger partial charge in [0.2, 0.25) is 0 Å². The third-order valence-electron chi connectivity index (χ3n) is 3.34. The minimum atomic E-state index is -0.134. The van der Waals surface area contributed by atoms with Crippen LogP contribution in [0.25, 0.3) is 0 Å². The van der Waals surface area contributed by atoms with E-state index in [1.807, 2.05) is 13.0 Å². The maximum atomic E-state index is 5.91. The molecule has 0 heterocycles. The number of rotatable bonds is 7. The van der Waals surface area contributed by atoms with Crippen molar-refractivity contribution < 1.29 is 4.74 Å². The zero-order valence-electron chi connectivity index (χ0n) is 11.4. The highest BCUT2D eigenvalue weighted by Gasteiger charge is 2.28. The van der Waals surface area contributed by atoms with E-state index in [9.17, 15) is 0 Å². The molecule has 0 bridgehead atoms. The fourth-order valence-corrected chi connectivity index (χ4v) is 2.13. The van der Waals surface area contributed by atoms with E-state index in [-0.39, 0.29) is 5.54 Å². The van der Waals surface area contributed by atoms with E-state index in [0.717, 1.165) is 17.6 Å². The molecule has 2 N–H and O–H groups in total. The molecule has 1 unspecified atom stereocenters. The summed E-state index contributed by atoms with van der Waals surface area (Å²) in [5.74, 6) is 0. The van der Waals surface area contributed by atoms with Gasteiger partial charge in [-0.2, -0.15) is 0 Å². The molecule has 4 heteroatoms. The zero-order valence-corrected chi connectivity index (χ0v) is 13.0. The van der Waals surface area contributed by atoms with Crippen LogP contribution in [0.4, 0.5) is 0 Å². The molecule has 1 atom stereocenters. The normalized spacial score (nSPS) is 14.8. The molecule has 0 amide bonds. The Hall–Kier alpha value is -0.420. The largest absolute Gasteiger partial charge is 0.380 e. The molecule has 0 aliphatic carbocycles. The van der Waals surface area contributed by atoms with Crippen molar-refractivity contribution in [1.29, 1.82) is 0 Å². The Labute approximate surface area is 118 Å². The molecule has 1 rings (SSSR count). The van der Waals surface area contributed by atoms with Crippen LogP contribution in [0, 0.1) is 0 Å². The summed E-state index contributed by atoms with van der Waals surface area (Å²) in [6.45, 7) is 6.94. The molecule has 1 aromatic carbocycles. The highest BCUT2D eigenvalue weighted by Crippen LogP contribution is 2.21. The predicted octanol–water partition coefficient (Wildman–Crippen LogP) is 2.63. The first-order valence-electron chi connectivity index (χ1n) is 6.26. The highest BCUT2D eigenvalue weighted by atomic mass is 79.9. The van der Waals surface area contributed by atoms with Gasteiger partial charge in [0, 0.05) is 24.2 Å². The number of likely N-dealkylation sites (N-methyl/N-ethyl adjacent to an activating group) is 1. The van der Waals surface area contributed by atoms with Gasteiger partial charge in [-0.1, -0.05) is 34.1 Å². The van der Waals surface area contributed by atoms with Gasteiger partial charge in [-0.3, -0.25) is 4.90 Å². The van der Waals surface area contributed by atoms with E-state index in [2.05, 4.69) is 53.0 Å². The molecule has 18 heavy (non-hydrogen) atoms. The summed E-state index contributed by atoms with van der Waals surface area (Å²) in [6, 6.07) is 8.26. The first kappa shape index (κ1) is 15.6. The molecule has 0 spiro atoms. The Kier molecular flexibility index (Phi) is 6.29. The van der Waals surface area contributed by atoms with E-state index >= 15 is 0 Å². The highest BCUT2D eigenvalue weighted by molar-refractivity contribution is 9.10. The van der Waals surface area contributed by atoms with Crippen LogP contribution in [0.5, 0.6) is 0 Å². The second-order valence-corrected chi connectivity index (χ2v) is 5.64. The average molecular weight is 315 g/mol. The number of hydrogen-bond acceptors (Lipinski definition) is 3. The third-order valence-corrected chi connectivity index (χ3v) is 4.12. The van der Waals surface area contributed by atoms with Crippen molar-refractivity contribution in [2.24, 2.45) is 5.73 Å². The molecular weight excluding hydrogens is 292 g/mol. The van der Waals surface area contributed by atoms with Gasteiger partial charge in [-0.05, 0) is 32.5 Å². The van der Waals surface area contributed by atoms with Crippen molar-refractivity contribution in [3.8, 4) is 0 Å². The first-order chi connectivity index (χ1) is 8.53. The van der Waals surface area contributed by atoms with E-state index < -0.39 is 0 Å². The van der Waals surface area contributed by atoms with Gasteiger partial charge >= 0.3 is 0 Å². The van der Waals surface area contributed by atoms with Gasteiger partial charge in [0.15, 0.2) is 0 Å². The van der Waals surface area contributed by atoms with Crippen molar-refractivity contribution in [3.05, 3.63) is 34.3 Å². The lowest BCUT2D eigenvalue weighted by Crippen LogP contribution is -2.52. The molecule has 0 aliphatic heterocycles. The molecule has 1 aromatic rings. The molecule has 0 saturated carbocycles. The Morgan fingerprint density at radius 1 is 1.39 bits per heavy atom. The van der Waals surface area contributed by atoms with Gasteiger partial charge < -0.3 is 10.5 Å². The number of hydrogen-bond donors (Lipinski definition) is 1. The van der Waals surface area contributed by atoms with E-state index in [0.29, 0.717) is 13.2 Å². The lowest BCUT2D eigenvalue weighted by Gasteiger charge is -2.38. The number of ether oxygens (including phenoxy) is 1. The number of benzene rings is 1. The Morgan fingerprint density at radius 2 is 2.06 bits per heavy atom. The van der Waals surface area contributed by atoms with Crippen molar-refractivity contribution in [2.75, 3.05) is 26.8 Å². The molecule has 0 aliphatic rings. The van der Waals surface area contributed by atoms with Crippen molar-refractivity contribution in [1.82, 2.24) is 4.90 Å². The van der Waals surface area contributed by atoms with Gasteiger partial charge in [-0.25, -0.2) is 0 Å². The molecule has 102 valence electrons. The van der Waals surface area contributed by atoms with Crippen molar-refractivity contribution in [2.45, 2.75) is 25.9 Å². The second kappa shape index (κ2) is 7.24. The first-order valence-corrected chi connectivity index (χ1v) is 7.05. The minimum absolute atomic E-state index is 0.134. The monoisotopic (exact) mass is 314 g/mol. The molecule has 3 nitrogen and oxygen atoms in total. The standard InChI is InChI=1S/C14H23BrN2O/c1-4-18-11-14(2,10-16)17(3)9-12-7-5-6-8-13(12)15/h5-8H,4,9-11,16H2,1-3H3. The number of halogens is 1. The van der Waals surface area contributed by atoms with E-state index in [1.54, 1.807) is 0 Å². The topological polar surface area (TPSA) is 38.5 Å². The van der Waals surface area contributed by atoms with Crippen LogP contribution in [-0.2, 0) is 11.3 Å². The van der Waals surface area contributed by atoms with Crippen LogP contribution < -0.4 is 5.73 Å². The van der Waals surface area contributed by atoms with Gasteiger partial charge in [0.05, 0.1) is 12.1 Å². The molecular formula is C14H23BrN2O. The van der Waals surface area contributed by atoms with E-state index in [4.69, 9.17) is 10.5 Å². The summed E-state index contributed by atoms with van der Waals surface area (Å²) < 4.78 is 6.68. The Balaban J connectivity index is 2.73. The molecule has 0 aromatic heterocycles. The van der Waals surface area contributed by atoms with Crippen molar-refractivity contribution in [3.63, 3.8) is 0 Å². The van der Waals surface area contributed by atoms with Crippen LogP contribution in [0.1, 0.15) is 19.4 Å². The lowest BCUT2D eigenvalue weighted by atomic mass is 10.0. The summed E-state index contributed by atoms with van der Waals surface area (Å²) in [5, 5.41) is 0. The van der Waals surface area contributed by atoms with Gasteiger partial charge in [-0.15, -0.1) is 0 Å². The van der Waals surface area contributed by atoms with Gasteiger partial charge in [0.25, 0.3) is 0 Å². The maximum Gasteiger partial charge on any atom is 0.0659 e. The van der Waals surface area contributed by atoms with Crippen LogP contribution in [0.15, 0.2) is 28.7 Å².